The second-order valence-electron chi connectivity index (χ2n) is 9.06. The van der Waals surface area contributed by atoms with E-state index in [1.807, 2.05) is 36.1 Å². The Balaban J connectivity index is 1.45. The highest BCUT2D eigenvalue weighted by Crippen LogP contribution is 2.64. The van der Waals surface area contributed by atoms with Crippen LogP contribution in [-0.4, -0.2) is 27.8 Å². The van der Waals surface area contributed by atoms with Gasteiger partial charge in [-0.1, -0.05) is 0 Å². The van der Waals surface area contributed by atoms with Gasteiger partial charge < -0.3 is 10.1 Å². The molecule has 0 unspecified atom stereocenters. The molecule has 7 heteroatoms. The predicted molar refractivity (Wildman–Crippen MR) is 109 cm³/mol. The first-order chi connectivity index (χ1) is 13.4. The molecule has 1 amide bonds. The standard InChI is InChI=1S/C21H25BrN4O2/c1-13-5-16(28-2)3-4-17(13)24-18(27)20-7-14-6-15(8-20)10-21(9-14,11-20)26-12-23-19(22)25-26/h3-5,12,14-15H,6-11H2,1-2H3,(H,24,27)/t14-,15-,20?,21?/m0/s1. The highest BCUT2D eigenvalue weighted by Gasteiger charge is 2.61. The van der Waals surface area contributed by atoms with Gasteiger partial charge >= 0.3 is 0 Å². The van der Waals surface area contributed by atoms with Crippen molar-refractivity contribution in [1.29, 1.82) is 0 Å². The number of halogens is 1. The van der Waals surface area contributed by atoms with Crippen LogP contribution in [0.3, 0.4) is 0 Å². The summed E-state index contributed by atoms with van der Waals surface area (Å²) in [6.45, 7) is 2.01. The molecular formula is C21H25BrN4O2. The van der Waals surface area contributed by atoms with Gasteiger partial charge in [-0.3, -0.25) is 4.79 Å². The number of carbonyl (C=O) groups is 1. The number of benzene rings is 1. The third kappa shape index (κ3) is 2.78. The van der Waals surface area contributed by atoms with Gasteiger partial charge in [0.15, 0.2) is 0 Å². The number of methoxy groups -OCH3 is 1. The third-order valence-corrected chi connectivity index (χ3v) is 7.51. The van der Waals surface area contributed by atoms with Crippen molar-refractivity contribution in [3.63, 3.8) is 0 Å². The zero-order valence-electron chi connectivity index (χ0n) is 16.2. The van der Waals surface area contributed by atoms with Crippen LogP contribution in [0.1, 0.15) is 44.1 Å². The van der Waals surface area contributed by atoms with E-state index in [2.05, 4.69) is 31.3 Å². The molecule has 4 aliphatic rings. The van der Waals surface area contributed by atoms with Crippen LogP contribution in [0.5, 0.6) is 5.75 Å². The van der Waals surface area contributed by atoms with Crippen molar-refractivity contribution in [3.8, 4) is 5.75 Å². The van der Waals surface area contributed by atoms with Crippen LogP contribution in [-0.2, 0) is 10.3 Å². The molecule has 2 atom stereocenters. The SMILES string of the molecule is COc1ccc(NC(=O)C23C[C@@H]4C[C@@H](C2)CC(n2cnc(Br)n2)(C4)C3)c(C)c1. The molecule has 4 saturated carbocycles. The molecule has 4 bridgehead atoms. The Kier molecular flexibility index (Phi) is 4.09. The largest absolute Gasteiger partial charge is 0.497 e. The molecule has 1 heterocycles. The predicted octanol–water partition coefficient (Wildman–Crippen LogP) is 4.29. The number of nitrogens with one attached hydrogen (secondary N) is 1. The fourth-order valence-electron chi connectivity index (χ4n) is 6.38. The van der Waals surface area contributed by atoms with Crippen LogP contribution in [0.2, 0.25) is 0 Å². The first-order valence-electron chi connectivity index (χ1n) is 9.95. The van der Waals surface area contributed by atoms with E-state index in [0.717, 1.165) is 49.1 Å². The van der Waals surface area contributed by atoms with Crippen molar-refractivity contribution in [1.82, 2.24) is 14.8 Å². The second-order valence-corrected chi connectivity index (χ2v) is 9.77. The fourth-order valence-corrected chi connectivity index (χ4v) is 6.64. The second kappa shape index (κ2) is 6.31. The van der Waals surface area contributed by atoms with Crippen molar-refractivity contribution in [2.45, 2.75) is 51.0 Å². The summed E-state index contributed by atoms with van der Waals surface area (Å²) in [4.78, 5) is 17.8. The zero-order valence-corrected chi connectivity index (χ0v) is 17.8. The summed E-state index contributed by atoms with van der Waals surface area (Å²) in [5.41, 5.74) is 1.51. The molecule has 6 nitrogen and oxygen atoms in total. The van der Waals surface area contributed by atoms with Crippen LogP contribution < -0.4 is 10.1 Å². The summed E-state index contributed by atoms with van der Waals surface area (Å²) in [5, 5.41) is 7.83. The maximum absolute atomic E-state index is 13.6. The minimum atomic E-state index is -0.311. The fraction of sp³-hybridized carbons (Fsp3) is 0.571. The molecule has 28 heavy (non-hydrogen) atoms. The average molecular weight is 445 g/mol. The maximum Gasteiger partial charge on any atom is 0.230 e. The van der Waals surface area contributed by atoms with E-state index in [-0.39, 0.29) is 16.9 Å². The van der Waals surface area contributed by atoms with Crippen molar-refractivity contribution in [2.75, 3.05) is 12.4 Å². The summed E-state index contributed by atoms with van der Waals surface area (Å²) < 4.78 is 7.95. The normalized spacial score (nSPS) is 33.1. The van der Waals surface area contributed by atoms with E-state index in [1.165, 1.54) is 6.42 Å². The van der Waals surface area contributed by atoms with E-state index < -0.39 is 0 Å². The van der Waals surface area contributed by atoms with Crippen LogP contribution >= 0.6 is 15.9 Å². The maximum atomic E-state index is 13.6. The monoisotopic (exact) mass is 444 g/mol. The lowest BCUT2D eigenvalue weighted by Gasteiger charge is -2.60. The van der Waals surface area contributed by atoms with Gasteiger partial charge in [0, 0.05) is 5.69 Å². The lowest BCUT2D eigenvalue weighted by molar-refractivity contribution is -0.150. The van der Waals surface area contributed by atoms with Crippen molar-refractivity contribution in [2.24, 2.45) is 17.3 Å². The first kappa shape index (κ1) is 18.2. The Bertz CT molecular complexity index is 926. The van der Waals surface area contributed by atoms with Gasteiger partial charge in [-0.25, -0.2) is 9.67 Å². The first-order valence-corrected chi connectivity index (χ1v) is 10.7. The van der Waals surface area contributed by atoms with Crippen molar-refractivity contribution >= 4 is 27.5 Å². The average Bonchev–Trinajstić information content (AvgIpc) is 3.09. The topological polar surface area (TPSA) is 69.0 Å². The summed E-state index contributed by atoms with van der Waals surface area (Å²) >= 11 is 3.39. The highest BCUT2D eigenvalue weighted by atomic mass is 79.9. The highest BCUT2D eigenvalue weighted by molar-refractivity contribution is 9.10. The Hall–Kier alpha value is -1.89. The molecule has 2 aromatic rings. The third-order valence-electron chi connectivity index (χ3n) is 7.14. The number of aryl methyl sites for hydroxylation is 1. The smallest absolute Gasteiger partial charge is 0.230 e. The Morgan fingerprint density at radius 1 is 1.29 bits per heavy atom. The number of aromatic nitrogens is 3. The van der Waals surface area contributed by atoms with Crippen LogP contribution in [0.25, 0.3) is 0 Å². The van der Waals surface area contributed by atoms with Crippen LogP contribution in [0.4, 0.5) is 5.69 Å². The van der Waals surface area contributed by atoms with Gasteiger partial charge in [-0.15, -0.1) is 5.10 Å². The molecular weight excluding hydrogens is 420 g/mol. The molecule has 1 aromatic carbocycles. The zero-order chi connectivity index (χ0) is 19.5. The summed E-state index contributed by atoms with van der Waals surface area (Å²) in [7, 11) is 1.66. The van der Waals surface area contributed by atoms with Gasteiger partial charge in [0.2, 0.25) is 10.6 Å². The van der Waals surface area contributed by atoms with Gasteiger partial charge in [0.25, 0.3) is 0 Å². The van der Waals surface area contributed by atoms with Gasteiger partial charge in [0.05, 0.1) is 18.1 Å². The molecule has 0 radical (unpaired) electrons. The number of nitrogens with zero attached hydrogens (tertiary/aromatic N) is 3. The molecule has 1 aromatic heterocycles. The van der Waals surface area contributed by atoms with Crippen molar-refractivity contribution < 1.29 is 9.53 Å². The van der Waals surface area contributed by atoms with E-state index >= 15 is 0 Å². The molecule has 6 rings (SSSR count). The molecule has 148 valence electrons. The minimum absolute atomic E-state index is 0.0740. The molecule has 4 aliphatic carbocycles. The number of hydrogen-bond acceptors (Lipinski definition) is 4. The molecule has 0 spiro atoms. The lowest BCUT2D eigenvalue weighted by atomic mass is 9.46. The van der Waals surface area contributed by atoms with Gasteiger partial charge in [-0.2, -0.15) is 0 Å². The van der Waals surface area contributed by atoms with E-state index in [0.29, 0.717) is 16.6 Å². The summed E-state index contributed by atoms with van der Waals surface area (Å²) in [6, 6.07) is 5.80. The van der Waals surface area contributed by atoms with Crippen molar-refractivity contribution in [3.05, 3.63) is 34.8 Å². The van der Waals surface area contributed by atoms with Gasteiger partial charge in [0.1, 0.15) is 12.1 Å². The Morgan fingerprint density at radius 3 is 2.64 bits per heavy atom. The van der Waals surface area contributed by atoms with Crippen LogP contribution in [0.15, 0.2) is 29.3 Å². The Labute approximate surface area is 173 Å². The number of carbonyl (C=O) groups excluding carboxylic acids is 1. The number of rotatable bonds is 4. The quantitative estimate of drug-likeness (QED) is 0.763. The minimum Gasteiger partial charge on any atom is -0.497 e. The van der Waals surface area contributed by atoms with Crippen LogP contribution in [0, 0.1) is 24.2 Å². The number of amides is 1. The van der Waals surface area contributed by atoms with Gasteiger partial charge in [-0.05, 0) is 97.0 Å². The number of hydrogen-bond donors (Lipinski definition) is 1. The summed E-state index contributed by atoms with van der Waals surface area (Å²) in [6.07, 6.45) is 8.12. The van der Waals surface area contributed by atoms with E-state index in [4.69, 9.17) is 4.74 Å². The van der Waals surface area contributed by atoms with E-state index in [1.54, 1.807) is 7.11 Å². The Morgan fingerprint density at radius 2 is 2.04 bits per heavy atom. The molecule has 0 aliphatic heterocycles. The van der Waals surface area contributed by atoms with E-state index in [9.17, 15) is 4.79 Å². The molecule has 1 N–H and O–H groups in total. The number of anilines is 1. The summed E-state index contributed by atoms with van der Waals surface area (Å²) in [5.74, 6) is 2.15. The molecule has 0 saturated heterocycles. The molecule has 4 fully saturated rings. The number of ether oxygens (including phenoxy) is 1. The lowest BCUT2D eigenvalue weighted by Crippen LogP contribution is -2.60.